The third-order valence-corrected chi connectivity index (χ3v) is 5.48. The maximum atomic E-state index is 12.9. The molecule has 5 rings (SSSR count). The smallest absolute Gasteiger partial charge is 0.254 e. The lowest BCUT2D eigenvalue weighted by Crippen LogP contribution is -2.48. The molecule has 0 aliphatic carbocycles. The van der Waals surface area contributed by atoms with E-state index in [1.807, 2.05) is 27.5 Å². The first-order valence-corrected chi connectivity index (χ1v) is 9.08. The van der Waals surface area contributed by atoms with Crippen LogP contribution in [0.25, 0.3) is 0 Å². The summed E-state index contributed by atoms with van der Waals surface area (Å²) >= 11 is 0. The number of carbonyl (C=O) groups is 2. The molecule has 0 radical (unpaired) electrons. The minimum atomic E-state index is 0.0315. The van der Waals surface area contributed by atoms with Gasteiger partial charge >= 0.3 is 0 Å². The highest BCUT2D eigenvalue weighted by atomic mass is 16.2. The monoisotopic (exact) mass is 353 g/mol. The summed E-state index contributed by atoms with van der Waals surface area (Å²) in [7, 11) is 0. The normalized spacial score (nSPS) is 22.3. The summed E-state index contributed by atoms with van der Waals surface area (Å²) < 4.78 is 1.88. The number of nitrogens with zero attached hydrogens (tertiary/aromatic N) is 5. The van der Waals surface area contributed by atoms with Crippen LogP contribution in [0.2, 0.25) is 0 Å². The molecule has 136 valence electrons. The highest BCUT2D eigenvalue weighted by Crippen LogP contribution is 2.29. The quantitative estimate of drug-likeness (QED) is 0.835. The van der Waals surface area contributed by atoms with Crippen LogP contribution in [-0.4, -0.2) is 61.8 Å². The number of carbonyl (C=O) groups excluding carboxylic acids is 2. The van der Waals surface area contributed by atoms with Crippen molar-refractivity contribution in [1.82, 2.24) is 24.3 Å². The second kappa shape index (κ2) is 6.90. The molecule has 2 aromatic heterocycles. The number of fused-ring (bicyclic) bond motifs is 4. The van der Waals surface area contributed by atoms with E-state index in [1.54, 1.807) is 30.7 Å². The molecule has 3 aliphatic rings. The van der Waals surface area contributed by atoms with Crippen LogP contribution in [0.1, 0.15) is 29.0 Å². The lowest BCUT2D eigenvalue weighted by molar-refractivity contribution is -0.136. The predicted octanol–water partition coefficient (Wildman–Crippen LogP) is 1.35. The molecule has 2 amide bonds. The van der Waals surface area contributed by atoms with Crippen LogP contribution in [-0.2, 0) is 11.3 Å². The van der Waals surface area contributed by atoms with Crippen LogP contribution in [0.4, 0.5) is 0 Å². The fraction of sp³-hybridized carbons (Fsp3) is 0.474. The SMILES string of the molecule is Cc1nccn1CC(=O)N1C[C@H]2CC[C@@H]1CN(C(=O)c1ccncc1)C2. The fourth-order valence-corrected chi connectivity index (χ4v) is 4.04. The van der Waals surface area contributed by atoms with E-state index in [4.69, 9.17) is 0 Å². The van der Waals surface area contributed by atoms with E-state index in [1.165, 1.54) is 0 Å². The third-order valence-electron chi connectivity index (χ3n) is 5.48. The number of aromatic nitrogens is 3. The third kappa shape index (κ3) is 3.21. The number of imidazole rings is 1. The van der Waals surface area contributed by atoms with Crippen molar-refractivity contribution in [2.75, 3.05) is 19.6 Å². The minimum Gasteiger partial charge on any atom is -0.336 e. The lowest BCUT2D eigenvalue weighted by Gasteiger charge is -2.36. The zero-order valence-electron chi connectivity index (χ0n) is 14.9. The Morgan fingerprint density at radius 2 is 1.92 bits per heavy atom. The molecular weight excluding hydrogens is 330 g/mol. The first-order chi connectivity index (χ1) is 12.6. The van der Waals surface area contributed by atoms with Gasteiger partial charge in [-0.05, 0) is 37.8 Å². The van der Waals surface area contributed by atoms with Crippen LogP contribution < -0.4 is 0 Å². The van der Waals surface area contributed by atoms with Crippen molar-refractivity contribution in [2.24, 2.45) is 5.92 Å². The number of hydrogen-bond acceptors (Lipinski definition) is 4. The topological polar surface area (TPSA) is 71.3 Å². The molecule has 5 heterocycles. The van der Waals surface area contributed by atoms with Gasteiger partial charge in [0.1, 0.15) is 12.4 Å². The summed E-state index contributed by atoms with van der Waals surface area (Å²) in [6, 6.07) is 3.59. The Bertz CT molecular complexity index is 803. The summed E-state index contributed by atoms with van der Waals surface area (Å²) in [6.45, 7) is 4.26. The van der Waals surface area contributed by atoms with E-state index in [0.29, 0.717) is 31.1 Å². The van der Waals surface area contributed by atoms with Gasteiger partial charge in [-0.1, -0.05) is 0 Å². The second-order valence-corrected chi connectivity index (χ2v) is 7.19. The molecule has 3 aliphatic heterocycles. The van der Waals surface area contributed by atoms with Gasteiger partial charge in [0.2, 0.25) is 5.91 Å². The first-order valence-electron chi connectivity index (χ1n) is 9.08. The van der Waals surface area contributed by atoms with Gasteiger partial charge < -0.3 is 14.4 Å². The van der Waals surface area contributed by atoms with Gasteiger partial charge in [-0.2, -0.15) is 0 Å². The van der Waals surface area contributed by atoms with E-state index < -0.39 is 0 Å². The molecule has 2 aromatic rings. The Labute approximate surface area is 152 Å². The van der Waals surface area contributed by atoms with Gasteiger partial charge in [0, 0.05) is 56.0 Å². The molecule has 3 saturated heterocycles. The molecule has 0 saturated carbocycles. The van der Waals surface area contributed by atoms with Gasteiger partial charge in [0.15, 0.2) is 0 Å². The van der Waals surface area contributed by atoms with Crippen LogP contribution >= 0.6 is 0 Å². The number of piperidine rings is 1. The van der Waals surface area contributed by atoms with Crippen LogP contribution in [0.15, 0.2) is 36.9 Å². The summed E-state index contributed by atoms with van der Waals surface area (Å²) in [5, 5.41) is 0. The second-order valence-electron chi connectivity index (χ2n) is 7.19. The summed E-state index contributed by atoms with van der Waals surface area (Å²) in [4.78, 5) is 37.8. The van der Waals surface area contributed by atoms with Crippen molar-refractivity contribution in [2.45, 2.75) is 32.4 Å². The van der Waals surface area contributed by atoms with Crippen molar-refractivity contribution >= 4 is 11.8 Å². The molecule has 26 heavy (non-hydrogen) atoms. The Kier molecular flexibility index (Phi) is 4.44. The maximum absolute atomic E-state index is 12.9. The average Bonchev–Trinajstić information content (AvgIpc) is 2.87. The largest absolute Gasteiger partial charge is 0.336 e. The molecule has 0 aromatic carbocycles. The average molecular weight is 353 g/mol. The molecule has 0 spiro atoms. The molecule has 2 atom stereocenters. The summed E-state index contributed by atoms with van der Waals surface area (Å²) in [6.07, 6.45) is 8.86. The Morgan fingerprint density at radius 1 is 1.12 bits per heavy atom. The van der Waals surface area contributed by atoms with E-state index in [9.17, 15) is 9.59 Å². The van der Waals surface area contributed by atoms with Gasteiger partial charge in [-0.15, -0.1) is 0 Å². The molecule has 2 bridgehead atoms. The number of hydrogen-bond donors (Lipinski definition) is 0. The minimum absolute atomic E-state index is 0.0315. The van der Waals surface area contributed by atoms with Gasteiger partial charge in [-0.3, -0.25) is 14.6 Å². The van der Waals surface area contributed by atoms with Gasteiger partial charge in [0.05, 0.1) is 0 Å². The lowest BCUT2D eigenvalue weighted by atomic mass is 9.95. The molecule has 0 N–H and O–H groups in total. The van der Waals surface area contributed by atoms with E-state index in [2.05, 4.69) is 9.97 Å². The Balaban J connectivity index is 1.49. The standard InChI is InChI=1S/C19H23N5O2/c1-14-21-8-9-22(14)13-18(25)24-11-15-2-3-17(24)12-23(10-15)19(26)16-4-6-20-7-5-16/h4-9,15,17H,2-3,10-13H2,1H3/t15-,17+/m0/s1. The molecule has 3 fully saturated rings. The van der Waals surface area contributed by atoms with E-state index >= 15 is 0 Å². The fourth-order valence-electron chi connectivity index (χ4n) is 4.04. The van der Waals surface area contributed by atoms with E-state index in [0.717, 1.165) is 25.2 Å². The summed E-state index contributed by atoms with van der Waals surface area (Å²) in [5.74, 6) is 1.32. The zero-order chi connectivity index (χ0) is 18.1. The van der Waals surface area contributed by atoms with Gasteiger partial charge in [0.25, 0.3) is 5.91 Å². The van der Waals surface area contributed by atoms with Crippen LogP contribution in [0, 0.1) is 12.8 Å². The Morgan fingerprint density at radius 3 is 2.65 bits per heavy atom. The number of rotatable bonds is 3. The molecule has 7 nitrogen and oxygen atoms in total. The molecule has 0 unspecified atom stereocenters. The van der Waals surface area contributed by atoms with Crippen molar-refractivity contribution in [3.8, 4) is 0 Å². The maximum Gasteiger partial charge on any atom is 0.254 e. The van der Waals surface area contributed by atoms with Gasteiger partial charge in [-0.25, -0.2) is 4.98 Å². The number of amides is 2. The summed E-state index contributed by atoms with van der Waals surface area (Å²) in [5.41, 5.74) is 0.660. The number of aryl methyl sites for hydroxylation is 1. The van der Waals surface area contributed by atoms with Crippen LogP contribution in [0.3, 0.4) is 0 Å². The van der Waals surface area contributed by atoms with E-state index in [-0.39, 0.29) is 17.9 Å². The van der Waals surface area contributed by atoms with Crippen molar-refractivity contribution < 1.29 is 9.59 Å². The molecular formula is C19H23N5O2. The van der Waals surface area contributed by atoms with Crippen LogP contribution in [0.5, 0.6) is 0 Å². The Hall–Kier alpha value is -2.70. The number of pyridine rings is 1. The highest BCUT2D eigenvalue weighted by molar-refractivity contribution is 5.94. The van der Waals surface area contributed by atoms with Crippen molar-refractivity contribution in [3.63, 3.8) is 0 Å². The van der Waals surface area contributed by atoms with Crippen molar-refractivity contribution in [1.29, 1.82) is 0 Å². The zero-order valence-corrected chi connectivity index (χ0v) is 14.9. The first kappa shape index (κ1) is 16.8. The highest BCUT2D eigenvalue weighted by Gasteiger charge is 2.38. The molecule has 7 heteroatoms. The van der Waals surface area contributed by atoms with Crippen molar-refractivity contribution in [3.05, 3.63) is 48.3 Å². The predicted molar refractivity (Wildman–Crippen MR) is 95.3 cm³/mol.